The summed E-state index contributed by atoms with van der Waals surface area (Å²) in [7, 11) is 0. The average Bonchev–Trinajstić information content (AvgIpc) is 2.44. The number of hydrogen-bond donors (Lipinski definition) is 2. The lowest BCUT2D eigenvalue weighted by atomic mass is 10.1. The standard InChI is InChI=1S/C17H23NO2/c1-4-15-12-14(6-5-11-19)8-9-16(15)18-17(20)10-7-13(2)3/h8-9,12-13,19H,4,7,10-11H2,1-3H3,(H,18,20). The molecule has 1 amide bonds. The van der Waals surface area contributed by atoms with Crippen LogP contribution < -0.4 is 5.32 Å². The Balaban J connectivity index is 2.77. The second-order valence-corrected chi connectivity index (χ2v) is 5.17. The van der Waals surface area contributed by atoms with Gasteiger partial charge >= 0.3 is 0 Å². The predicted octanol–water partition coefficient (Wildman–Crippen LogP) is 2.97. The molecule has 0 saturated heterocycles. The lowest BCUT2D eigenvalue weighted by Crippen LogP contribution is -2.13. The Kier molecular flexibility index (Phi) is 6.83. The number of hydrogen-bond acceptors (Lipinski definition) is 2. The summed E-state index contributed by atoms with van der Waals surface area (Å²) in [6.45, 7) is 6.12. The summed E-state index contributed by atoms with van der Waals surface area (Å²) in [5.74, 6) is 6.09. The van der Waals surface area contributed by atoms with Gasteiger partial charge in [-0.2, -0.15) is 0 Å². The first kappa shape index (κ1) is 16.3. The normalized spacial score (nSPS) is 10.1. The van der Waals surface area contributed by atoms with Crippen molar-refractivity contribution < 1.29 is 9.90 Å². The smallest absolute Gasteiger partial charge is 0.224 e. The highest BCUT2D eigenvalue weighted by atomic mass is 16.2. The van der Waals surface area contributed by atoms with Crippen LogP contribution in [0.2, 0.25) is 0 Å². The molecular formula is C17H23NO2. The average molecular weight is 273 g/mol. The van der Waals surface area contributed by atoms with E-state index in [1.165, 1.54) is 0 Å². The zero-order valence-electron chi connectivity index (χ0n) is 12.5. The quantitative estimate of drug-likeness (QED) is 0.810. The van der Waals surface area contributed by atoms with Crippen LogP contribution in [0, 0.1) is 17.8 Å². The van der Waals surface area contributed by atoms with E-state index in [2.05, 4.69) is 31.0 Å². The first-order chi connectivity index (χ1) is 9.56. The molecule has 1 aromatic carbocycles. The van der Waals surface area contributed by atoms with Crippen molar-refractivity contribution in [3.8, 4) is 11.8 Å². The number of aliphatic hydroxyl groups excluding tert-OH is 1. The minimum atomic E-state index is -0.144. The molecule has 20 heavy (non-hydrogen) atoms. The SMILES string of the molecule is CCc1cc(C#CCO)ccc1NC(=O)CCC(C)C. The van der Waals surface area contributed by atoms with Crippen LogP contribution in [-0.2, 0) is 11.2 Å². The van der Waals surface area contributed by atoms with Crippen molar-refractivity contribution in [1.29, 1.82) is 0 Å². The summed E-state index contributed by atoms with van der Waals surface area (Å²) in [5.41, 5.74) is 2.78. The second-order valence-electron chi connectivity index (χ2n) is 5.17. The van der Waals surface area contributed by atoms with Crippen molar-refractivity contribution in [3.05, 3.63) is 29.3 Å². The van der Waals surface area contributed by atoms with Crippen LogP contribution in [0.1, 0.15) is 44.7 Å². The fourth-order valence-corrected chi connectivity index (χ4v) is 1.86. The Labute approximate surface area is 121 Å². The van der Waals surface area contributed by atoms with Crippen LogP contribution in [-0.4, -0.2) is 17.6 Å². The van der Waals surface area contributed by atoms with Crippen molar-refractivity contribution in [1.82, 2.24) is 0 Å². The Bertz CT molecular complexity index is 509. The molecule has 0 heterocycles. The largest absolute Gasteiger partial charge is 0.384 e. The first-order valence-corrected chi connectivity index (χ1v) is 7.09. The highest BCUT2D eigenvalue weighted by Crippen LogP contribution is 2.19. The van der Waals surface area contributed by atoms with E-state index in [4.69, 9.17) is 5.11 Å². The molecule has 0 aliphatic rings. The van der Waals surface area contributed by atoms with Crippen molar-refractivity contribution in [2.24, 2.45) is 5.92 Å². The molecule has 0 atom stereocenters. The lowest BCUT2D eigenvalue weighted by Gasteiger charge is -2.11. The molecule has 0 bridgehead atoms. The molecular weight excluding hydrogens is 250 g/mol. The van der Waals surface area contributed by atoms with E-state index in [-0.39, 0.29) is 12.5 Å². The van der Waals surface area contributed by atoms with Gasteiger partial charge in [0.2, 0.25) is 5.91 Å². The summed E-state index contributed by atoms with van der Waals surface area (Å²) in [6, 6.07) is 5.70. The van der Waals surface area contributed by atoms with Gasteiger partial charge in [-0.25, -0.2) is 0 Å². The van der Waals surface area contributed by atoms with E-state index in [0.717, 1.165) is 29.7 Å². The van der Waals surface area contributed by atoms with Crippen molar-refractivity contribution in [2.75, 3.05) is 11.9 Å². The zero-order valence-corrected chi connectivity index (χ0v) is 12.5. The van der Waals surface area contributed by atoms with Gasteiger partial charge in [0.25, 0.3) is 0 Å². The molecule has 1 rings (SSSR count). The number of anilines is 1. The van der Waals surface area contributed by atoms with Gasteiger partial charge in [-0.3, -0.25) is 4.79 Å². The number of amides is 1. The van der Waals surface area contributed by atoms with E-state index >= 15 is 0 Å². The van der Waals surface area contributed by atoms with Gasteiger partial charge in [0.1, 0.15) is 6.61 Å². The van der Waals surface area contributed by atoms with E-state index in [0.29, 0.717) is 12.3 Å². The highest BCUT2D eigenvalue weighted by molar-refractivity contribution is 5.91. The monoisotopic (exact) mass is 273 g/mol. The van der Waals surface area contributed by atoms with Gasteiger partial charge in [-0.15, -0.1) is 0 Å². The first-order valence-electron chi connectivity index (χ1n) is 7.09. The van der Waals surface area contributed by atoms with E-state index in [1.54, 1.807) is 0 Å². The Morgan fingerprint density at radius 3 is 2.75 bits per heavy atom. The van der Waals surface area contributed by atoms with Crippen LogP contribution in [0.4, 0.5) is 5.69 Å². The fraction of sp³-hybridized carbons (Fsp3) is 0.471. The molecule has 0 aromatic heterocycles. The highest BCUT2D eigenvalue weighted by Gasteiger charge is 2.07. The number of carbonyl (C=O) groups excluding carboxylic acids is 1. The summed E-state index contributed by atoms with van der Waals surface area (Å²) < 4.78 is 0. The molecule has 3 nitrogen and oxygen atoms in total. The van der Waals surface area contributed by atoms with Gasteiger partial charge < -0.3 is 10.4 Å². The Morgan fingerprint density at radius 2 is 2.15 bits per heavy atom. The zero-order chi connectivity index (χ0) is 15.0. The van der Waals surface area contributed by atoms with Crippen molar-refractivity contribution >= 4 is 11.6 Å². The molecule has 0 fully saturated rings. The summed E-state index contributed by atoms with van der Waals surface area (Å²) in [5, 5.41) is 11.7. The molecule has 2 N–H and O–H groups in total. The molecule has 0 aliphatic carbocycles. The lowest BCUT2D eigenvalue weighted by molar-refractivity contribution is -0.116. The summed E-state index contributed by atoms with van der Waals surface area (Å²) in [6.07, 6.45) is 2.27. The van der Waals surface area contributed by atoms with E-state index in [1.807, 2.05) is 25.1 Å². The van der Waals surface area contributed by atoms with Crippen molar-refractivity contribution in [3.63, 3.8) is 0 Å². The third-order valence-electron chi connectivity index (χ3n) is 3.02. The molecule has 0 aliphatic heterocycles. The topological polar surface area (TPSA) is 49.3 Å². The predicted molar refractivity (Wildman–Crippen MR) is 82.5 cm³/mol. The minimum Gasteiger partial charge on any atom is -0.384 e. The van der Waals surface area contributed by atoms with Gasteiger partial charge in [0, 0.05) is 17.7 Å². The maximum Gasteiger partial charge on any atom is 0.224 e. The van der Waals surface area contributed by atoms with Crippen LogP contribution >= 0.6 is 0 Å². The molecule has 108 valence electrons. The molecule has 0 unspecified atom stereocenters. The van der Waals surface area contributed by atoms with Crippen LogP contribution in [0.3, 0.4) is 0 Å². The number of benzene rings is 1. The van der Waals surface area contributed by atoms with Crippen molar-refractivity contribution in [2.45, 2.75) is 40.0 Å². The fourth-order valence-electron chi connectivity index (χ4n) is 1.86. The van der Waals surface area contributed by atoms with Crippen LogP contribution in [0.25, 0.3) is 0 Å². The molecule has 0 saturated carbocycles. The van der Waals surface area contributed by atoms with Crippen LogP contribution in [0.5, 0.6) is 0 Å². The maximum absolute atomic E-state index is 11.9. The number of aryl methyl sites for hydroxylation is 1. The molecule has 0 spiro atoms. The summed E-state index contributed by atoms with van der Waals surface area (Å²) in [4.78, 5) is 11.9. The second kappa shape index (κ2) is 8.39. The third-order valence-corrected chi connectivity index (χ3v) is 3.02. The Morgan fingerprint density at radius 1 is 1.40 bits per heavy atom. The van der Waals surface area contributed by atoms with E-state index < -0.39 is 0 Å². The molecule has 3 heteroatoms. The van der Waals surface area contributed by atoms with Gasteiger partial charge in [0.05, 0.1) is 0 Å². The molecule has 0 radical (unpaired) electrons. The maximum atomic E-state index is 11.9. The van der Waals surface area contributed by atoms with Gasteiger partial charge in [-0.1, -0.05) is 32.6 Å². The van der Waals surface area contributed by atoms with E-state index in [9.17, 15) is 4.79 Å². The number of aliphatic hydroxyl groups is 1. The summed E-state index contributed by atoms with van der Waals surface area (Å²) >= 11 is 0. The van der Waals surface area contributed by atoms with Crippen LogP contribution in [0.15, 0.2) is 18.2 Å². The minimum absolute atomic E-state index is 0.0580. The number of nitrogens with one attached hydrogen (secondary N) is 1. The third kappa shape index (κ3) is 5.46. The van der Waals surface area contributed by atoms with Gasteiger partial charge in [0.15, 0.2) is 0 Å². The van der Waals surface area contributed by atoms with Gasteiger partial charge in [-0.05, 0) is 42.5 Å². The Hall–Kier alpha value is -1.79. The molecule has 1 aromatic rings. The number of carbonyl (C=O) groups is 1. The number of rotatable bonds is 5.